The highest BCUT2D eigenvalue weighted by Crippen LogP contribution is 2.43. The second-order valence-electron chi connectivity index (χ2n) is 7.58. The fourth-order valence-corrected chi connectivity index (χ4v) is 4.64. The maximum absolute atomic E-state index is 13.2. The second kappa shape index (κ2) is 12.4. The molecule has 0 bridgehead atoms. The minimum absolute atomic E-state index is 0.00791. The fourth-order valence-electron chi connectivity index (χ4n) is 3.81. The number of benzene rings is 1. The summed E-state index contributed by atoms with van der Waals surface area (Å²) in [5.74, 6) is -2.22. The Balaban J connectivity index is 2.07. The molecule has 0 radical (unpaired) electrons. The van der Waals surface area contributed by atoms with Gasteiger partial charge < -0.3 is 24.5 Å². The van der Waals surface area contributed by atoms with Crippen LogP contribution in [0, 0.1) is 0 Å². The van der Waals surface area contributed by atoms with Crippen LogP contribution in [0.25, 0.3) is 0 Å². The van der Waals surface area contributed by atoms with E-state index < -0.39 is 17.9 Å². The summed E-state index contributed by atoms with van der Waals surface area (Å²) in [4.78, 5) is 44.9. The Morgan fingerprint density at radius 1 is 1.17 bits per heavy atom. The normalized spacial score (nSPS) is 15.6. The molecule has 192 valence electrons. The number of dihydropyridines is 1. The minimum Gasteiger partial charge on any atom is -0.466 e. The molecule has 0 fully saturated rings. The van der Waals surface area contributed by atoms with Crippen molar-refractivity contribution in [3.8, 4) is 0 Å². The standard InChI is InChI=1S/C24H25Cl2N3O6S/c1-5-35-23(32)20-16(11-34-10-13-9-17(30)29-24(28-13)36-4)27-12(2)18(22(31)33-3)19(20)14-7-6-8-15(25)21(14)26/h6-9,19,27H,5,10-11H2,1-4H3,(H,28,29,30). The number of aromatic amines is 1. The van der Waals surface area contributed by atoms with Crippen molar-refractivity contribution in [2.75, 3.05) is 26.6 Å². The van der Waals surface area contributed by atoms with Crippen molar-refractivity contribution in [3.05, 3.63) is 78.5 Å². The largest absolute Gasteiger partial charge is 0.466 e. The number of thioether (sulfide) groups is 1. The van der Waals surface area contributed by atoms with Gasteiger partial charge >= 0.3 is 11.9 Å². The van der Waals surface area contributed by atoms with E-state index in [1.165, 1.54) is 24.9 Å². The number of rotatable bonds is 9. The van der Waals surface area contributed by atoms with Gasteiger partial charge in [0, 0.05) is 11.8 Å². The van der Waals surface area contributed by atoms with E-state index in [2.05, 4.69) is 15.3 Å². The van der Waals surface area contributed by atoms with E-state index in [4.69, 9.17) is 37.4 Å². The fraction of sp³-hybridized carbons (Fsp3) is 0.333. The summed E-state index contributed by atoms with van der Waals surface area (Å²) >= 11 is 14.1. The van der Waals surface area contributed by atoms with Gasteiger partial charge in [-0.1, -0.05) is 47.1 Å². The van der Waals surface area contributed by atoms with Gasteiger partial charge in [0.15, 0.2) is 5.16 Å². The lowest BCUT2D eigenvalue weighted by Gasteiger charge is -2.31. The van der Waals surface area contributed by atoms with E-state index in [0.717, 1.165) is 0 Å². The number of allylic oxidation sites excluding steroid dienone is 1. The molecule has 2 heterocycles. The summed E-state index contributed by atoms with van der Waals surface area (Å²) in [6, 6.07) is 6.31. The Hall–Kier alpha value is -2.79. The van der Waals surface area contributed by atoms with Crippen molar-refractivity contribution in [1.82, 2.24) is 15.3 Å². The van der Waals surface area contributed by atoms with Crippen molar-refractivity contribution in [2.24, 2.45) is 0 Å². The number of halogens is 2. The number of H-pyrrole nitrogens is 1. The van der Waals surface area contributed by atoms with E-state index in [9.17, 15) is 14.4 Å². The van der Waals surface area contributed by atoms with Crippen LogP contribution in [0.1, 0.15) is 31.0 Å². The molecule has 9 nitrogen and oxygen atoms in total. The summed E-state index contributed by atoms with van der Waals surface area (Å²) in [5.41, 5.74) is 1.71. The molecule has 36 heavy (non-hydrogen) atoms. The number of nitrogens with zero attached hydrogens (tertiary/aromatic N) is 1. The van der Waals surface area contributed by atoms with Crippen LogP contribution in [0.4, 0.5) is 0 Å². The summed E-state index contributed by atoms with van der Waals surface area (Å²) in [6.07, 6.45) is 1.79. The van der Waals surface area contributed by atoms with E-state index in [1.54, 1.807) is 38.3 Å². The Bertz CT molecular complexity index is 1290. The number of nitrogens with one attached hydrogen (secondary N) is 2. The molecule has 0 spiro atoms. The Labute approximate surface area is 222 Å². The van der Waals surface area contributed by atoms with Crippen LogP contribution in [0.2, 0.25) is 10.0 Å². The van der Waals surface area contributed by atoms with Crippen LogP contribution < -0.4 is 10.9 Å². The van der Waals surface area contributed by atoms with Crippen LogP contribution in [-0.4, -0.2) is 48.5 Å². The monoisotopic (exact) mass is 553 g/mol. The molecule has 2 N–H and O–H groups in total. The minimum atomic E-state index is -0.927. The SMILES string of the molecule is CCOC(=O)C1=C(COCc2cc(=O)[nH]c(SC)n2)NC(C)=C(C(=O)OC)C1c1cccc(Cl)c1Cl. The van der Waals surface area contributed by atoms with Crippen molar-refractivity contribution in [3.63, 3.8) is 0 Å². The van der Waals surface area contributed by atoms with Crippen LogP contribution in [-0.2, 0) is 30.4 Å². The number of hydrogen-bond donors (Lipinski definition) is 2. The Morgan fingerprint density at radius 2 is 1.92 bits per heavy atom. The highest BCUT2D eigenvalue weighted by molar-refractivity contribution is 7.98. The third kappa shape index (κ3) is 6.12. The smallest absolute Gasteiger partial charge is 0.336 e. The summed E-state index contributed by atoms with van der Waals surface area (Å²) < 4.78 is 16.2. The number of ether oxygens (including phenoxy) is 3. The summed E-state index contributed by atoms with van der Waals surface area (Å²) in [5, 5.41) is 4.01. The summed E-state index contributed by atoms with van der Waals surface area (Å²) in [7, 11) is 1.25. The first kappa shape index (κ1) is 27.8. The molecule has 1 atom stereocenters. The topological polar surface area (TPSA) is 120 Å². The average Bonchev–Trinajstić information content (AvgIpc) is 2.84. The van der Waals surface area contributed by atoms with Crippen molar-refractivity contribution in [2.45, 2.75) is 31.5 Å². The molecule has 0 amide bonds. The molecular weight excluding hydrogens is 529 g/mol. The number of carbonyl (C=O) groups is 2. The second-order valence-corrected chi connectivity index (χ2v) is 9.16. The molecule has 1 aromatic carbocycles. The van der Waals surface area contributed by atoms with Crippen LogP contribution >= 0.6 is 35.0 Å². The number of carbonyl (C=O) groups excluding carboxylic acids is 2. The molecule has 3 rings (SSSR count). The summed E-state index contributed by atoms with van der Waals surface area (Å²) in [6.45, 7) is 3.40. The van der Waals surface area contributed by atoms with Gasteiger partial charge in [-0.2, -0.15) is 0 Å². The van der Waals surface area contributed by atoms with Crippen LogP contribution in [0.15, 0.2) is 56.8 Å². The number of aromatic nitrogens is 2. The molecule has 2 aromatic rings. The van der Waals surface area contributed by atoms with Crippen molar-refractivity contribution in [1.29, 1.82) is 0 Å². The van der Waals surface area contributed by atoms with Gasteiger partial charge in [-0.05, 0) is 31.7 Å². The molecular formula is C24H25Cl2N3O6S. The zero-order chi connectivity index (χ0) is 26.4. The lowest BCUT2D eigenvalue weighted by Crippen LogP contribution is -2.34. The van der Waals surface area contributed by atoms with Gasteiger partial charge in [-0.15, -0.1) is 0 Å². The lowest BCUT2D eigenvalue weighted by molar-refractivity contribution is -0.139. The first-order valence-electron chi connectivity index (χ1n) is 10.8. The van der Waals surface area contributed by atoms with E-state index in [-0.39, 0.29) is 46.6 Å². The molecule has 1 aliphatic rings. The van der Waals surface area contributed by atoms with Gasteiger partial charge in [-0.3, -0.25) is 4.79 Å². The maximum Gasteiger partial charge on any atom is 0.336 e. The van der Waals surface area contributed by atoms with Crippen molar-refractivity contribution >= 4 is 46.9 Å². The van der Waals surface area contributed by atoms with Crippen molar-refractivity contribution < 1.29 is 23.8 Å². The molecule has 1 aliphatic heterocycles. The average molecular weight is 554 g/mol. The molecule has 0 aliphatic carbocycles. The third-order valence-electron chi connectivity index (χ3n) is 5.30. The molecule has 0 saturated carbocycles. The van der Waals surface area contributed by atoms with Gasteiger partial charge in [0.05, 0.1) is 65.4 Å². The lowest BCUT2D eigenvalue weighted by atomic mass is 9.80. The van der Waals surface area contributed by atoms with Gasteiger partial charge in [0.2, 0.25) is 0 Å². The Morgan fingerprint density at radius 3 is 2.58 bits per heavy atom. The molecule has 0 saturated heterocycles. The number of hydrogen-bond acceptors (Lipinski definition) is 9. The zero-order valence-electron chi connectivity index (χ0n) is 20.1. The molecule has 1 aromatic heterocycles. The zero-order valence-corrected chi connectivity index (χ0v) is 22.4. The van der Waals surface area contributed by atoms with E-state index in [1.807, 2.05) is 0 Å². The van der Waals surface area contributed by atoms with E-state index >= 15 is 0 Å². The number of esters is 2. The molecule has 1 unspecified atom stereocenters. The van der Waals surface area contributed by atoms with Gasteiger partial charge in [-0.25, -0.2) is 14.6 Å². The third-order valence-corrected chi connectivity index (χ3v) is 6.71. The predicted octanol–water partition coefficient (Wildman–Crippen LogP) is 3.97. The van der Waals surface area contributed by atoms with Crippen LogP contribution in [0.3, 0.4) is 0 Å². The van der Waals surface area contributed by atoms with E-state index in [0.29, 0.717) is 27.8 Å². The van der Waals surface area contributed by atoms with Crippen LogP contribution in [0.5, 0.6) is 0 Å². The highest BCUT2D eigenvalue weighted by atomic mass is 35.5. The predicted molar refractivity (Wildman–Crippen MR) is 137 cm³/mol. The van der Waals surface area contributed by atoms with Gasteiger partial charge in [0.1, 0.15) is 0 Å². The van der Waals surface area contributed by atoms with Gasteiger partial charge in [0.25, 0.3) is 5.56 Å². The first-order valence-corrected chi connectivity index (χ1v) is 12.8. The maximum atomic E-state index is 13.2. The Kier molecular flexibility index (Phi) is 9.61. The quantitative estimate of drug-likeness (QED) is 0.270. The number of methoxy groups -OCH3 is 1. The first-order chi connectivity index (χ1) is 17.2. The highest BCUT2D eigenvalue weighted by Gasteiger charge is 2.40. The molecule has 12 heteroatoms.